The summed E-state index contributed by atoms with van der Waals surface area (Å²) in [7, 11) is 1.52. The summed E-state index contributed by atoms with van der Waals surface area (Å²) in [6, 6.07) is 14.9. The molecule has 0 atom stereocenters. The first-order valence-electron chi connectivity index (χ1n) is 8.80. The molecule has 0 fully saturated rings. The molecule has 0 spiro atoms. The number of hydrogen-bond acceptors (Lipinski definition) is 6. The molecule has 8 heteroatoms. The average molecular weight is 392 g/mol. The van der Waals surface area contributed by atoms with Gasteiger partial charge in [-0.3, -0.25) is 14.9 Å². The molecule has 2 aromatic carbocycles. The van der Waals surface area contributed by atoms with Crippen LogP contribution in [0.15, 0.2) is 54.6 Å². The average Bonchev–Trinajstić information content (AvgIpc) is 2.73. The van der Waals surface area contributed by atoms with Gasteiger partial charge in [0.15, 0.2) is 0 Å². The Morgan fingerprint density at radius 2 is 1.66 bits per heavy atom. The minimum atomic E-state index is -0.401. The van der Waals surface area contributed by atoms with Crippen LogP contribution < -0.4 is 15.4 Å². The molecule has 0 saturated carbocycles. The molecule has 1 heterocycles. The summed E-state index contributed by atoms with van der Waals surface area (Å²) in [6.07, 6.45) is 0. The third kappa shape index (κ3) is 5.14. The van der Waals surface area contributed by atoms with Gasteiger partial charge in [-0.05, 0) is 42.8 Å². The Hall–Kier alpha value is -3.78. The molecule has 3 rings (SSSR count). The zero-order valence-electron chi connectivity index (χ0n) is 16.0. The topological polar surface area (TPSA) is 113 Å². The van der Waals surface area contributed by atoms with E-state index in [0.717, 1.165) is 0 Å². The van der Waals surface area contributed by atoms with Crippen LogP contribution in [0.4, 0.5) is 11.8 Å². The van der Waals surface area contributed by atoms with Crippen molar-refractivity contribution >= 4 is 23.6 Å². The maximum absolute atomic E-state index is 12.5. The molecule has 1 aromatic heterocycles. The van der Waals surface area contributed by atoms with Crippen molar-refractivity contribution in [1.82, 2.24) is 9.97 Å². The lowest BCUT2D eigenvalue weighted by Gasteiger charge is -2.10. The highest BCUT2D eigenvalue weighted by atomic mass is 16.5. The second-order valence-electron chi connectivity index (χ2n) is 6.22. The molecule has 148 valence electrons. The number of nitrogens with one attached hydrogen (secondary N) is 2. The van der Waals surface area contributed by atoms with E-state index < -0.39 is 5.91 Å². The Morgan fingerprint density at radius 3 is 2.38 bits per heavy atom. The van der Waals surface area contributed by atoms with Gasteiger partial charge in [0.2, 0.25) is 5.95 Å². The normalized spacial score (nSPS) is 10.3. The van der Waals surface area contributed by atoms with Crippen LogP contribution in [0.2, 0.25) is 0 Å². The van der Waals surface area contributed by atoms with Crippen molar-refractivity contribution in [3.8, 4) is 5.75 Å². The van der Waals surface area contributed by atoms with E-state index in [0.29, 0.717) is 28.1 Å². The number of aliphatic hydroxyl groups is 1. The van der Waals surface area contributed by atoms with E-state index in [2.05, 4.69) is 20.6 Å². The molecule has 0 bridgehead atoms. The molecule has 3 N–H and O–H groups in total. The monoisotopic (exact) mass is 392 g/mol. The van der Waals surface area contributed by atoms with E-state index in [1.165, 1.54) is 7.11 Å². The van der Waals surface area contributed by atoms with Gasteiger partial charge in [0.25, 0.3) is 11.8 Å². The molecule has 8 nitrogen and oxygen atoms in total. The van der Waals surface area contributed by atoms with Crippen molar-refractivity contribution in [2.24, 2.45) is 0 Å². The summed E-state index contributed by atoms with van der Waals surface area (Å²) in [5, 5.41) is 14.5. The van der Waals surface area contributed by atoms with Crippen molar-refractivity contribution in [3.05, 3.63) is 77.0 Å². The first kappa shape index (κ1) is 20.0. The molecule has 0 aliphatic carbocycles. The number of aliphatic hydroxyl groups excluding tert-OH is 1. The van der Waals surface area contributed by atoms with Crippen LogP contribution in [0, 0.1) is 6.92 Å². The van der Waals surface area contributed by atoms with Gasteiger partial charge in [0, 0.05) is 22.9 Å². The fraction of sp³-hybridized carbons (Fsp3) is 0.143. The van der Waals surface area contributed by atoms with Crippen molar-refractivity contribution in [2.45, 2.75) is 13.5 Å². The number of rotatable bonds is 6. The van der Waals surface area contributed by atoms with Gasteiger partial charge < -0.3 is 15.2 Å². The number of carbonyl (C=O) groups is 2. The van der Waals surface area contributed by atoms with Crippen LogP contribution in [-0.4, -0.2) is 34.0 Å². The van der Waals surface area contributed by atoms with E-state index in [4.69, 9.17) is 4.74 Å². The van der Waals surface area contributed by atoms with E-state index in [1.807, 2.05) is 0 Å². The predicted octanol–water partition coefficient (Wildman–Crippen LogP) is 2.79. The van der Waals surface area contributed by atoms with E-state index in [9.17, 15) is 14.7 Å². The van der Waals surface area contributed by atoms with Crippen molar-refractivity contribution < 1.29 is 19.4 Å². The summed E-state index contributed by atoms with van der Waals surface area (Å²) in [5.74, 6) is 0.0850. The summed E-state index contributed by atoms with van der Waals surface area (Å²) in [6.45, 7) is 1.57. The fourth-order valence-corrected chi connectivity index (χ4v) is 2.63. The molecule has 0 radical (unpaired) electrons. The maximum Gasteiger partial charge on any atom is 0.258 e. The van der Waals surface area contributed by atoms with Gasteiger partial charge in [-0.1, -0.05) is 18.2 Å². The smallest absolute Gasteiger partial charge is 0.258 e. The number of benzene rings is 2. The Bertz CT molecular complexity index is 973. The summed E-state index contributed by atoms with van der Waals surface area (Å²) in [4.78, 5) is 33.3. The van der Waals surface area contributed by atoms with Crippen LogP contribution in [0.5, 0.6) is 5.75 Å². The molecule has 0 aliphatic rings. The van der Waals surface area contributed by atoms with Gasteiger partial charge in [-0.2, -0.15) is 4.98 Å². The lowest BCUT2D eigenvalue weighted by atomic mass is 10.1. The second kappa shape index (κ2) is 8.94. The van der Waals surface area contributed by atoms with Crippen LogP contribution in [0.25, 0.3) is 0 Å². The first-order valence-corrected chi connectivity index (χ1v) is 8.80. The largest absolute Gasteiger partial charge is 0.497 e. The second-order valence-corrected chi connectivity index (χ2v) is 6.22. The number of carbonyl (C=O) groups excluding carboxylic acids is 2. The predicted molar refractivity (Wildman–Crippen MR) is 108 cm³/mol. The Morgan fingerprint density at radius 1 is 0.966 bits per heavy atom. The first-order chi connectivity index (χ1) is 14.0. The zero-order chi connectivity index (χ0) is 20.8. The minimum Gasteiger partial charge on any atom is -0.497 e. The number of ether oxygens (including phenoxy) is 1. The lowest BCUT2D eigenvalue weighted by molar-refractivity contribution is 0.101. The summed E-state index contributed by atoms with van der Waals surface area (Å²) < 4.78 is 5.12. The number of anilines is 2. The highest BCUT2D eigenvalue weighted by Crippen LogP contribution is 2.16. The van der Waals surface area contributed by atoms with Crippen molar-refractivity contribution in [1.29, 1.82) is 0 Å². The SMILES string of the molecule is COc1cccc(C(=O)Nc2nc(C)cc(NC(=O)c3cccc(CO)c3)n2)c1. The van der Waals surface area contributed by atoms with Gasteiger partial charge in [-0.15, -0.1) is 0 Å². The van der Waals surface area contributed by atoms with E-state index in [-0.39, 0.29) is 24.3 Å². The molecular weight excluding hydrogens is 372 g/mol. The number of aryl methyl sites for hydroxylation is 1. The quantitative estimate of drug-likeness (QED) is 0.594. The number of amides is 2. The highest BCUT2D eigenvalue weighted by molar-refractivity contribution is 6.05. The van der Waals surface area contributed by atoms with Crippen LogP contribution >= 0.6 is 0 Å². The van der Waals surface area contributed by atoms with Crippen molar-refractivity contribution in [3.63, 3.8) is 0 Å². The van der Waals surface area contributed by atoms with E-state index in [1.54, 1.807) is 61.5 Å². The zero-order valence-corrected chi connectivity index (χ0v) is 16.0. The number of nitrogens with zero attached hydrogens (tertiary/aromatic N) is 2. The molecule has 0 aliphatic heterocycles. The maximum atomic E-state index is 12.5. The minimum absolute atomic E-state index is 0.0669. The van der Waals surface area contributed by atoms with Crippen LogP contribution in [0.3, 0.4) is 0 Å². The molecule has 29 heavy (non-hydrogen) atoms. The van der Waals surface area contributed by atoms with Crippen LogP contribution in [-0.2, 0) is 6.61 Å². The van der Waals surface area contributed by atoms with E-state index >= 15 is 0 Å². The summed E-state index contributed by atoms with van der Waals surface area (Å²) >= 11 is 0. The third-order valence-corrected chi connectivity index (χ3v) is 4.02. The number of methoxy groups -OCH3 is 1. The lowest BCUT2D eigenvalue weighted by Crippen LogP contribution is -2.17. The highest BCUT2D eigenvalue weighted by Gasteiger charge is 2.12. The van der Waals surface area contributed by atoms with Gasteiger partial charge in [-0.25, -0.2) is 4.98 Å². The Balaban J connectivity index is 1.77. The third-order valence-electron chi connectivity index (χ3n) is 4.02. The molecule has 3 aromatic rings. The van der Waals surface area contributed by atoms with Gasteiger partial charge in [0.05, 0.1) is 13.7 Å². The number of aromatic nitrogens is 2. The number of hydrogen-bond donors (Lipinski definition) is 3. The molecular formula is C21H20N4O4. The van der Waals surface area contributed by atoms with Gasteiger partial charge >= 0.3 is 0 Å². The van der Waals surface area contributed by atoms with Crippen molar-refractivity contribution in [2.75, 3.05) is 17.7 Å². The Kier molecular flexibility index (Phi) is 6.16. The Labute approximate surface area is 167 Å². The van der Waals surface area contributed by atoms with Crippen LogP contribution in [0.1, 0.15) is 32.0 Å². The molecule has 0 saturated heterocycles. The summed E-state index contributed by atoms with van der Waals surface area (Å²) in [5.41, 5.74) is 1.97. The molecule has 2 amide bonds. The van der Waals surface area contributed by atoms with Gasteiger partial charge in [0.1, 0.15) is 11.6 Å². The fourth-order valence-electron chi connectivity index (χ4n) is 2.63. The molecule has 0 unspecified atom stereocenters. The standard InChI is InChI=1S/C21H20N4O4/c1-13-9-18(23-19(27)15-6-3-5-14(10-15)12-26)24-21(22-13)25-20(28)16-7-4-8-17(11-16)29-2/h3-11,26H,12H2,1-2H3,(H2,22,23,24,25,27,28).